The van der Waals surface area contributed by atoms with E-state index in [1.165, 1.54) is 18.5 Å². The number of nitrogens with one attached hydrogen (secondary N) is 3. The molecule has 18 heteroatoms. The summed E-state index contributed by atoms with van der Waals surface area (Å²) < 4.78 is 44.5. The van der Waals surface area contributed by atoms with Gasteiger partial charge in [0.25, 0.3) is 11.8 Å². The monoisotopic (exact) mass is 850 g/mol. The Morgan fingerprint density at radius 2 is 1.42 bits per heavy atom. The zero-order valence-corrected chi connectivity index (χ0v) is 33.7. The highest BCUT2D eigenvalue weighted by Crippen LogP contribution is 2.35. The number of piperidine rings is 3. The first-order chi connectivity index (χ1) is 29.8. The van der Waals surface area contributed by atoms with Crippen LogP contribution in [-0.4, -0.2) is 117 Å². The number of benzene rings is 3. The highest BCUT2D eigenvalue weighted by molar-refractivity contribution is 6.23. The summed E-state index contributed by atoms with van der Waals surface area (Å²) in [7, 11) is 0. The Morgan fingerprint density at radius 1 is 0.790 bits per heavy atom. The van der Waals surface area contributed by atoms with E-state index in [9.17, 15) is 32.3 Å². The number of nitrogens with two attached hydrogens (primary N) is 1. The Balaban J connectivity index is 0.736. The average molecular weight is 851 g/mol. The maximum atomic E-state index is 13.3. The third kappa shape index (κ3) is 8.07. The van der Waals surface area contributed by atoms with Gasteiger partial charge in [0.15, 0.2) is 0 Å². The number of hydrogen-bond donors (Lipinski definition) is 4. The van der Waals surface area contributed by atoms with Gasteiger partial charge >= 0.3 is 6.18 Å². The number of ether oxygens (including phenoxy) is 1. The summed E-state index contributed by atoms with van der Waals surface area (Å²) in [5, 5.41) is 14.8. The van der Waals surface area contributed by atoms with Crippen LogP contribution in [0.1, 0.15) is 75.9 Å². The molecule has 5 aliphatic rings. The number of nitrogens with zero attached hydrogens (tertiary/aromatic N) is 6. The Labute approximate surface area is 354 Å². The van der Waals surface area contributed by atoms with Crippen molar-refractivity contribution in [1.29, 1.82) is 5.41 Å². The average Bonchev–Trinajstić information content (AvgIpc) is 3.48. The van der Waals surface area contributed by atoms with Gasteiger partial charge in [-0.15, -0.1) is 0 Å². The Kier molecular flexibility index (Phi) is 10.9. The molecule has 15 nitrogen and oxygen atoms in total. The molecule has 4 fully saturated rings. The minimum atomic E-state index is -4.43. The molecule has 1 aromatic heterocycles. The topological polar surface area (TPSA) is 190 Å². The molecule has 0 aliphatic carbocycles. The van der Waals surface area contributed by atoms with Crippen LogP contribution in [0.5, 0.6) is 11.5 Å². The molecule has 4 saturated heterocycles. The number of hydrogen-bond acceptors (Lipinski definition) is 13. The molecule has 5 aliphatic heterocycles. The van der Waals surface area contributed by atoms with E-state index >= 15 is 0 Å². The predicted octanol–water partition coefficient (Wildman–Crippen LogP) is 4.92. The third-order valence-electron chi connectivity index (χ3n) is 12.7. The van der Waals surface area contributed by atoms with E-state index in [1.807, 2.05) is 6.07 Å². The van der Waals surface area contributed by atoms with Crippen molar-refractivity contribution in [2.75, 3.05) is 55.2 Å². The van der Waals surface area contributed by atoms with Crippen LogP contribution in [0, 0.1) is 5.41 Å². The molecule has 0 bridgehead atoms. The minimum absolute atomic E-state index is 0.0788. The van der Waals surface area contributed by atoms with Crippen LogP contribution in [0.3, 0.4) is 0 Å². The van der Waals surface area contributed by atoms with E-state index in [2.05, 4.69) is 35.3 Å². The van der Waals surface area contributed by atoms with Gasteiger partial charge in [0, 0.05) is 75.1 Å². The number of aromatic nitrogens is 2. The summed E-state index contributed by atoms with van der Waals surface area (Å²) in [6.07, 6.45) is 1.07. The van der Waals surface area contributed by atoms with E-state index in [0.717, 1.165) is 87.7 Å². The van der Waals surface area contributed by atoms with Crippen molar-refractivity contribution in [3.8, 4) is 11.5 Å². The molecule has 1 atom stereocenters. The molecule has 4 amide bonds. The van der Waals surface area contributed by atoms with Gasteiger partial charge in [-0.25, -0.2) is 9.97 Å². The number of carbonyl (C=O) groups is 4. The van der Waals surface area contributed by atoms with Gasteiger partial charge in [0.1, 0.15) is 35.5 Å². The van der Waals surface area contributed by atoms with E-state index < -0.39 is 41.4 Å². The lowest BCUT2D eigenvalue weighted by Crippen LogP contribution is -2.62. The molecular formula is C44H45F3N10O5. The normalized spacial score (nSPS) is 20.9. The summed E-state index contributed by atoms with van der Waals surface area (Å²) in [4.78, 5) is 67.5. The highest BCUT2D eigenvalue weighted by Gasteiger charge is 2.45. The van der Waals surface area contributed by atoms with Crippen LogP contribution in [-0.2, 0) is 15.8 Å². The van der Waals surface area contributed by atoms with Crippen LogP contribution >= 0.6 is 0 Å². The molecule has 3 aromatic carbocycles. The van der Waals surface area contributed by atoms with E-state index in [1.54, 1.807) is 36.4 Å². The van der Waals surface area contributed by atoms with Gasteiger partial charge in [0.2, 0.25) is 11.8 Å². The number of rotatable bonds is 10. The van der Waals surface area contributed by atoms with Crippen molar-refractivity contribution in [2.45, 2.75) is 68.9 Å². The Morgan fingerprint density at radius 3 is 2.08 bits per heavy atom. The predicted molar refractivity (Wildman–Crippen MR) is 222 cm³/mol. The van der Waals surface area contributed by atoms with Crippen molar-refractivity contribution in [1.82, 2.24) is 30.0 Å². The van der Waals surface area contributed by atoms with Crippen molar-refractivity contribution >= 4 is 46.7 Å². The summed E-state index contributed by atoms with van der Waals surface area (Å²) >= 11 is 0. The second-order valence-electron chi connectivity index (χ2n) is 16.5. The lowest BCUT2D eigenvalue weighted by atomic mass is 9.95. The van der Waals surface area contributed by atoms with Crippen LogP contribution < -0.4 is 26.0 Å². The summed E-state index contributed by atoms with van der Waals surface area (Å²) in [5.74, 6) is -0.708. The molecule has 4 aromatic rings. The lowest BCUT2D eigenvalue weighted by Gasteiger charge is -2.50. The number of halogens is 3. The zero-order chi connectivity index (χ0) is 43.3. The minimum Gasteiger partial charge on any atom is -0.457 e. The molecule has 5 N–H and O–H groups in total. The largest absolute Gasteiger partial charge is 0.457 e. The van der Waals surface area contributed by atoms with E-state index in [-0.39, 0.29) is 41.7 Å². The molecule has 62 heavy (non-hydrogen) atoms. The van der Waals surface area contributed by atoms with Crippen LogP contribution in [0.2, 0.25) is 0 Å². The van der Waals surface area contributed by atoms with Crippen molar-refractivity contribution in [3.63, 3.8) is 0 Å². The van der Waals surface area contributed by atoms with Gasteiger partial charge < -0.3 is 25.6 Å². The molecular weight excluding hydrogens is 806 g/mol. The van der Waals surface area contributed by atoms with Crippen LogP contribution in [0.15, 0.2) is 73.1 Å². The van der Waals surface area contributed by atoms with Crippen LogP contribution in [0.25, 0.3) is 0 Å². The maximum absolute atomic E-state index is 13.3. The smallest absolute Gasteiger partial charge is 0.416 e. The van der Waals surface area contributed by atoms with Crippen molar-refractivity contribution in [2.24, 2.45) is 0 Å². The molecule has 0 saturated carbocycles. The number of anilines is 3. The highest BCUT2D eigenvalue weighted by atomic mass is 19.4. The number of fused-ring (bicyclic) bond motifs is 1. The van der Waals surface area contributed by atoms with E-state index in [4.69, 9.17) is 15.9 Å². The number of imide groups is 2. The van der Waals surface area contributed by atoms with Gasteiger partial charge in [-0.2, -0.15) is 13.2 Å². The first kappa shape index (κ1) is 41.0. The Bertz CT molecular complexity index is 2410. The van der Waals surface area contributed by atoms with Gasteiger partial charge in [-0.05, 0) is 98.8 Å². The summed E-state index contributed by atoms with van der Waals surface area (Å²) in [6.45, 7) is 5.47. The maximum Gasteiger partial charge on any atom is 0.416 e. The standard InChI is InChI=1S/C44H45F3N10O5/c45-44(46,47)26-3-8-32(9-4-26)62-31-6-1-25(2-7-31)38(48)37-39(49)50-24-51-40(37)52-27-13-17-54(18-14-27)28-15-19-55(20-16-28)30-22-56(23-30)29-5-10-33-34(21-29)43(61)57(42(33)60)35-11-12-36(58)53-41(35)59/h1-10,21,24,27-28,30,35,48H,11-20,22-23H2,(H,53,58,59)(H3,49,50,51,52). The zero-order valence-electron chi connectivity index (χ0n) is 33.7. The van der Waals surface area contributed by atoms with Gasteiger partial charge in [-0.3, -0.25) is 39.7 Å². The van der Waals surface area contributed by atoms with Crippen molar-refractivity contribution in [3.05, 3.63) is 101 Å². The second kappa shape index (κ2) is 16.5. The molecule has 0 radical (unpaired) electrons. The number of amides is 4. The van der Waals surface area contributed by atoms with Gasteiger partial charge in [-0.1, -0.05) is 0 Å². The first-order valence-corrected chi connectivity index (χ1v) is 20.8. The molecule has 6 heterocycles. The number of carbonyl (C=O) groups excluding carboxylic acids is 4. The van der Waals surface area contributed by atoms with Crippen LogP contribution in [0.4, 0.5) is 30.5 Å². The number of likely N-dealkylation sites (tertiary alicyclic amines) is 2. The SMILES string of the molecule is N=C(c1ccc(Oc2ccc(C(F)(F)F)cc2)cc1)c1c(N)ncnc1NC1CCN(C2CCN(C3CN(c4ccc5c(c4)C(=O)N(C4CCC(=O)NC4=O)C5=O)C3)CC2)CC1. The summed E-state index contributed by atoms with van der Waals surface area (Å²) in [6, 6.07) is 16.4. The number of nitrogen functional groups attached to an aromatic ring is 1. The van der Waals surface area contributed by atoms with E-state index in [0.29, 0.717) is 40.3 Å². The quantitative estimate of drug-likeness (QED) is 0.125. The first-order valence-electron chi connectivity index (χ1n) is 20.8. The molecule has 0 spiro atoms. The fourth-order valence-electron chi connectivity index (χ4n) is 9.21. The summed E-state index contributed by atoms with van der Waals surface area (Å²) in [5.41, 5.74) is 8.06. The van der Waals surface area contributed by atoms with Gasteiger partial charge in [0.05, 0.1) is 28.0 Å². The fraction of sp³-hybridized carbons (Fsp3) is 0.386. The van der Waals surface area contributed by atoms with Crippen molar-refractivity contribution < 1.29 is 37.1 Å². The molecule has 9 rings (SSSR count). The lowest BCUT2D eigenvalue weighted by molar-refractivity contribution is -0.138. The Hall–Kier alpha value is -6.40. The fourth-order valence-corrected chi connectivity index (χ4v) is 9.21. The number of alkyl halides is 3. The third-order valence-corrected chi connectivity index (χ3v) is 12.7. The molecule has 1 unspecified atom stereocenters. The second-order valence-corrected chi connectivity index (χ2v) is 16.5. The molecule has 322 valence electrons.